The molecule has 1 amide bonds. The number of aromatic nitrogens is 3. The molecule has 3 rings (SSSR count). The Morgan fingerprint density at radius 3 is 2.75 bits per heavy atom. The van der Waals surface area contributed by atoms with Gasteiger partial charge in [0, 0.05) is 11.9 Å². The second-order valence-electron chi connectivity index (χ2n) is 4.77. The quantitative estimate of drug-likeness (QED) is 0.669. The van der Waals surface area contributed by atoms with Gasteiger partial charge in [-0.25, -0.2) is 9.97 Å². The number of carboxylic acid groups (broad SMARTS) is 1. The van der Waals surface area contributed by atoms with Crippen LogP contribution in [0.5, 0.6) is 0 Å². The van der Waals surface area contributed by atoms with Gasteiger partial charge in [0.2, 0.25) is 5.91 Å². The van der Waals surface area contributed by atoms with E-state index in [0.717, 1.165) is 0 Å². The number of nitrogens with one attached hydrogen (secondary N) is 2. The molecular weight excluding hydrogens is 352 g/mol. The first-order valence-corrected chi connectivity index (χ1v) is 8.13. The molecule has 1 aromatic carbocycles. The van der Waals surface area contributed by atoms with Gasteiger partial charge in [-0.3, -0.25) is 4.79 Å². The lowest BCUT2D eigenvalue weighted by atomic mass is 10.2. The lowest BCUT2D eigenvalue weighted by Gasteiger charge is -2.06. The number of pyridine rings is 1. The van der Waals surface area contributed by atoms with Crippen molar-refractivity contribution >= 4 is 52.1 Å². The average molecular weight is 362 g/mol. The van der Waals surface area contributed by atoms with E-state index >= 15 is 0 Å². The maximum absolute atomic E-state index is 11.9. The van der Waals surface area contributed by atoms with E-state index in [1.807, 2.05) is 0 Å². The third-order valence-corrected chi connectivity index (χ3v) is 4.11. The SMILES string of the molecule is O=C(CSc1nc2ncc(Cl)cc2[nH]1)Nc1ccc(C(=O)[O-])cc1. The summed E-state index contributed by atoms with van der Waals surface area (Å²) >= 11 is 7.08. The van der Waals surface area contributed by atoms with Gasteiger partial charge in [0.15, 0.2) is 10.8 Å². The third-order valence-electron chi connectivity index (χ3n) is 3.03. The van der Waals surface area contributed by atoms with Crippen LogP contribution in [-0.4, -0.2) is 32.6 Å². The summed E-state index contributed by atoms with van der Waals surface area (Å²) in [6.07, 6.45) is 1.50. The Bertz CT molecular complexity index is 911. The molecule has 2 N–H and O–H groups in total. The number of carboxylic acids is 1. The molecule has 2 aromatic heterocycles. The van der Waals surface area contributed by atoms with Crippen LogP contribution in [0.15, 0.2) is 41.7 Å². The van der Waals surface area contributed by atoms with Crippen molar-refractivity contribution in [2.45, 2.75) is 5.16 Å². The maximum atomic E-state index is 11.9. The number of anilines is 1. The lowest BCUT2D eigenvalue weighted by Crippen LogP contribution is -2.22. The fraction of sp³-hybridized carbons (Fsp3) is 0.0667. The summed E-state index contributed by atoms with van der Waals surface area (Å²) in [5, 5.41) is 14.4. The minimum Gasteiger partial charge on any atom is -0.545 e. The summed E-state index contributed by atoms with van der Waals surface area (Å²) in [7, 11) is 0. The number of nitrogens with zero attached hydrogens (tertiary/aromatic N) is 2. The van der Waals surface area contributed by atoms with E-state index in [4.69, 9.17) is 11.6 Å². The number of carbonyl (C=O) groups is 2. The average Bonchev–Trinajstić information content (AvgIpc) is 2.95. The number of thioether (sulfide) groups is 1. The molecule has 0 radical (unpaired) electrons. The van der Waals surface area contributed by atoms with Gasteiger partial charge < -0.3 is 20.2 Å². The van der Waals surface area contributed by atoms with E-state index in [2.05, 4.69) is 20.3 Å². The van der Waals surface area contributed by atoms with Crippen LogP contribution < -0.4 is 10.4 Å². The Balaban J connectivity index is 1.59. The predicted octanol–water partition coefficient (Wildman–Crippen LogP) is 1.71. The fourth-order valence-electron chi connectivity index (χ4n) is 1.94. The number of rotatable bonds is 5. The number of imidazole rings is 1. The van der Waals surface area contributed by atoms with E-state index in [1.54, 1.807) is 6.07 Å². The fourth-order valence-corrected chi connectivity index (χ4v) is 2.77. The van der Waals surface area contributed by atoms with Gasteiger partial charge in [-0.2, -0.15) is 0 Å². The Morgan fingerprint density at radius 1 is 1.29 bits per heavy atom. The van der Waals surface area contributed by atoms with Crippen molar-refractivity contribution in [3.05, 3.63) is 47.1 Å². The number of hydrogen-bond acceptors (Lipinski definition) is 6. The van der Waals surface area contributed by atoms with Crippen LogP contribution in [0, 0.1) is 0 Å². The highest BCUT2D eigenvalue weighted by Gasteiger charge is 2.08. The summed E-state index contributed by atoms with van der Waals surface area (Å²) in [4.78, 5) is 34.0. The lowest BCUT2D eigenvalue weighted by molar-refractivity contribution is -0.255. The highest BCUT2D eigenvalue weighted by Crippen LogP contribution is 2.20. The Kier molecular flexibility index (Phi) is 4.68. The van der Waals surface area contributed by atoms with Gasteiger partial charge in [0.25, 0.3) is 0 Å². The second kappa shape index (κ2) is 6.90. The standard InChI is InChI=1S/C15H11ClN4O3S/c16-9-5-11-13(17-6-9)20-15(19-11)24-7-12(21)18-10-3-1-8(2-4-10)14(22)23/h1-6H,7H2,(H,18,21)(H,22,23)(H,17,19,20)/p-1. The summed E-state index contributed by atoms with van der Waals surface area (Å²) in [5.74, 6) is -1.37. The number of aromatic carboxylic acids is 1. The van der Waals surface area contributed by atoms with Crippen molar-refractivity contribution in [2.75, 3.05) is 11.1 Å². The molecule has 3 aromatic rings. The predicted molar refractivity (Wildman–Crippen MR) is 89.0 cm³/mol. The van der Waals surface area contributed by atoms with Crippen LogP contribution in [0.1, 0.15) is 10.4 Å². The Labute approximate surface area is 145 Å². The minimum absolute atomic E-state index is 0.0517. The van der Waals surface area contributed by atoms with E-state index in [1.165, 1.54) is 42.2 Å². The largest absolute Gasteiger partial charge is 0.545 e. The molecule has 2 heterocycles. The van der Waals surface area contributed by atoms with Crippen molar-refractivity contribution < 1.29 is 14.7 Å². The Hall–Kier alpha value is -2.58. The first-order chi connectivity index (χ1) is 11.5. The summed E-state index contributed by atoms with van der Waals surface area (Å²) in [5.41, 5.74) is 1.78. The second-order valence-corrected chi connectivity index (χ2v) is 6.17. The molecule has 9 heteroatoms. The molecule has 0 aliphatic heterocycles. The van der Waals surface area contributed by atoms with Gasteiger partial charge in [-0.05, 0) is 23.8 Å². The molecular formula is C15H10ClN4O3S-. The van der Waals surface area contributed by atoms with Crippen molar-refractivity contribution in [1.82, 2.24) is 15.0 Å². The van der Waals surface area contributed by atoms with Crippen molar-refractivity contribution in [1.29, 1.82) is 0 Å². The zero-order valence-corrected chi connectivity index (χ0v) is 13.6. The van der Waals surface area contributed by atoms with E-state index < -0.39 is 5.97 Å². The number of hydrogen-bond donors (Lipinski definition) is 2. The highest BCUT2D eigenvalue weighted by molar-refractivity contribution is 7.99. The van der Waals surface area contributed by atoms with Crippen LogP contribution >= 0.6 is 23.4 Å². The maximum Gasteiger partial charge on any atom is 0.234 e. The summed E-state index contributed by atoms with van der Waals surface area (Å²) < 4.78 is 0. The number of halogens is 1. The van der Waals surface area contributed by atoms with Gasteiger partial charge in [0.05, 0.1) is 22.3 Å². The van der Waals surface area contributed by atoms with E-state index in [0.29, 0.717) is 27.0 Å². The van der Waals surface area contributed by atoms with Gasteiger partial charge >= 0.3 is 0 Å². The summed E-state index contributed by atoms with van der Waals surface area (Å²) in [6.45, 7) is 0. The molecule has 0 fully saturated rings. The zero-order valence-electron chi connectivity index (χ0n) is 12.1. The van der Waals surface area contributed by atoms with Crippen molar-refractivity contribution in [3.63, 3.8) is 0 Å². The van der Waals surface area contributed by atoms with Crippen LogP contribution in [0.25, 0.3) is 11.2 Å². The molecule has 0 saturated heterocycles. The van der Waals surface area contributed by atoms with Crippen molar-refractivity contribution in [2.24, 2.45) is 0 Å². The first-order valence-electron chi connectivity index (χ1n) is 6.76. The molecule has 0 saturated carbocycles. The summed E-state index contributed by atoms with van der Waals surface area (Å²) in [6, 6.07) is 7.45. The number of aromatic amines is 1. The molecule has 0 unspecified atom stereocenters. The molecule has 24 heavy (non-hydrogen) atoms. The van der Waals surface area contributed by atoms with Crippen LogP contribution in [0.4, 0.5) is 5.69 Å². The van der Waals surface area contributed by atoms with Crippen LogP contribution in [-0.2, 0) is 4.79 Å². The van der Waals surface area contributed by atoms with Gasteiger partial charge in [-0.15, -0.1) is 0 Å². The third kappa shape index (κ3) is 3.84. The molecule has 0 aliphatic carbocycles. The molecule has 0 spiro atoms. The number of amides is 1. The topological polar surface area (TPSA) is 111 Å². The number of H-pyrrole nitrogens is 1. The smallest absolute Gasteiger partial charge is 0.234 e. The monoisotopic (exact) mass is 361 g/mol. The van der Waals surface area contributed by atoms with Gasteiger partial charge in [0.1, 0.15) is 0 Å². The molecule has 0 aliphatic rings. The number of fused-ring (bicyclic) bond motifs is 1. The number of carbonyl (C=O) groups excluding carboxylic acids is 2. The first kappa shape index (κ1) is 16.3. The molecule has 7 nitrogen and oxygen atoms in total. The van der Waals surface area contributed by atoms with Gasteiger partial charge in [-0.1, -0.05) is 35.5 Å². The molecule has 0 bridgehead atoms. The molecule has 0 atom stereocenters. The van der Waals surface area contributed by atoms with Crippen LogP contribution in [0.3, 0.4) is 0 Å². The minimum atomic E-state index is -1.26. The van der Waals surface area contributed by atoms with E-state index in [-0.39, 0.29) is 17.2 Å². The van der Waals surface area contributed by atoms with Crippen molar-refractivity contribution in [3.8, 4) is 0 Å². The Morgan fingerprint density at radius 2 is 2.04 bits per heavy atom. The number of benzene rings is 1. The van der Waals surface area contributed by atoms with Crippen LogP contribution in [0.2, 0.25) is 5.02 Å². The van der Waals surface area contributed by atoms with E-state index in [9.17, 15) is 14.7 Å². The zero-order chi connectivity index (χ0) is 17.1. The normalized spacial score (nSPS) is 10.7. The molecule has 122 valence electrons. The highest BCUT2D eigenvalue weighted by atomic mass is 35.5.